The molecule has 1 amide bonds. The second-order valence-corrected chi connectivity index (χ2v) is 4.34. The number of anilines is 1. The molecule has 1 rings (SSSR count). The van der Waals surface area contributed by atoms with Crippen molar-refractivity contribution in [3.63, 3.8) is 0 Å². The first-order chi connectivity index (χ1) is 7.49. The molecule has 1 N–H and O–H groups in total. The van der Waals surface area contributed by atoms with Gasteiger partial charge >= 0.3 is 5.69 Å². The fraction of sp³-hybridized carbons (Fsp3) is 0.417. The third-order valence-corrected chi connectivity index (χ3v) is 2.74. The molecule has 0 radical (unpaired) electrons. The molecule has 0 aliphatic carbocycles. The highest BCUT2D eigenvalue weighted by Crippen LogP contribution is 2.23. The molecule has 84 valence electrons. The summed E-state index contributed by atoms with van der Waals surface area (Å²) in [7, 11) is 0. The minimum absolute atomic E-state index is 0.0105. The fourth-order valence-electron chi connectivity index (χ4n) is 1.07. The average Bonchev–Trinajstić information content (AvgIpc) is 2.30. The molecule has 0 aliphatic heterocycles. The molecule has 0 aromatic heterocycles. The van der Waals surface area contributed by atoms with Gasteiger partial charge in [-0.25, -0.2) is 0 Å². The van der Waals surface area contributed by atoms with Gasteiger partial charge in [-0.2, -0.15) is 0 Å². The van der Waals surface area contributed by atoms with Crippen molar-refractivity contribution < 1.29 is 4.79 Å². The highest BCUT2D eigenvalue weighted by molar-refractivity contribution is 5.94. The van der Waals surface area contributed by atoms with Gasteiger partial charge in [-0.05, 0) is 18.6 Å². The van der Waals surface area contributed by atoms with Crippen LogP contribution in [0.5, 0.6) is 0 Å². The zero-order chi connectivity index (χ0) is 12.2. The minimum atomic E-state index is -0.375. The van der Waals surface area contributed by atoms with Crippen molar-refractivity contribution >= 4 is 17.3 Å². The number of benzene rings is 1. The Balaban J connectivity index is 2.75. The van der Waals surface area contributed by atoms with E-state index in [1.54, 1.807) is 24.3 Å². The monoisotopic (exact) mass is 218 g/mol. The summed E-state index contributed by atoms with van der Waals surface area (Å²) >= 11 is 0. The second kappa shape index (κ2) is 4.75. The van der Waals surface area contributed by atoms with Gasteiger partial charge in [-0.3, -0.25) is 4.79 Å². The normalized spacial score (nSPS) is 10.6. The molecule has 4 heteroatoms. The summed E-state index contributed by atoms with van der Waals surface area (Å²) in [6.07, 6.45) is 0.781. The van der Waals surface area contributed by atoms with E-state index >= 15 is 0 Å². The van der Waals surface area contributed by atoms with Gasteiger partial charge in [0.15, 0.2) is 4.98 Å². The molecule has 0 spiro atoms. The van der Waals surface area contributed by atoms with Crippen LogP contribution in [0.4, 0.5) is 11.4 Å². The third kappa shape index (κ3) is 2.80. The maximum Gasteiger partial charge on any atom is 0.385 e. The van der Waals surface area contributed by atoms with Crippen molar-refractivity contribution in [3.05, 3.63) is 29.2 Å². The van der Waals surface area contributed by atoms with Crippen molar-refractivity contribution in [2.45, 2.75) is 27.2 Å². The molecule has 4 nitrogen and oxygen atoms in total. The number of hydrogen-bond acceptors (Lipinski definition) is 2. The minimum Gasteiger partial charge on any atom is -0.326 e. The van der Waals surface area contributed by atoms with Crippen molar-refractivity contribution in [3.8, 4) is 0 Å². The van der Waals surface area contributed by atoms with E-state index in [9.17, 15) is 4.79 Å². The Bertz CT molecular complexity index is 415. The summed E-state index contributed by atoms with van der Waals surface area (Å²) < 4.78 is 0. The van der Waals surface area contributed by atoms with E-state index < -0.39 is 0 Å². The number of diazo groups is 1. The number of rotatable bonds is 3. The Morgan fingerprint density at radius 2 is 1.94 bits per heavy atom. The predicted octanol–water partition coefficient (Wildman–Crippen LogP) is 3.55. The van der Waals surface area contributed by atoms with E-state index in [2.05, 4.69) is 10.3 Å². The number of nitrogens with zero attached hydrogens (tertiary/aromatic N) is 2. The molecule has 0 bridgehead atoms. The van der Waals surface area contributed by atoms with E-state index in [-0.39, 0.29) is 11.3 Å². The van der Waals surface area contributed by atoms with E-state index in [4.69, 9.17) is 5.39 Å². The van der Waals surface area contributed by atoms with E-state index in [0.29, 0.717) is 11.4 Å². The van der Waals surface area contributed by atoms with Crippen LogP contribution >= 0.6 is 0 Å². The lowest BCUT2D eigenvalue weighted by Gasteiger charge is -2.21. The first-order valence-corrected chi connectivity index (χ1v) is 5.26. The SMILES string of the molecule is CCC(C)(C)C(=O)Nc1ccc([N+]#N)cc1. The number of carbonyl (C=O) groups excluding carboxylic acids is 1. The second-order valence-electron chi connectivity index (χ2n) is 4.34. The smallest absolute Gasteiger partial charge is 0.326 e. The predicted molar refractivity (Wildman–Crippen MR) is 63.9 cm³/mol. The molecule has 0 fully saturated rings. The van der Waals surface area contributed by atoms with Gasteiger partial charge in [-0.1, -0.05) is 20.8 Å². The quantitative estimate of drug-likeness (QED) is 0.789. The molecular formula is C12H16N3O+. The van der Waals surface area contributed by atoms with Crippen LogP contribution < -0.4 is 5.32 Å². The highest BCUT2D eigenvalue weighted by atomic mass is 16.2. The molecule has 0 unspecified atom stereocenters. The lowest BCUT2D eigenvalue weighted by atomic mass is 9.89. The molecule has 0 heterocycles. The van der Waals surface area contributed by atoms with Gasteiger partial charge in [0.1, 0.15) is 0 Å². The summed E-state index contributed by atoms with van der Waals surface area (Å²) in [5.74, 6) is -0.0105. The fourth-order valence-corrected chi connectivity index (χ4v) is 1.07. The topological polar surface area (TPSA) is 57.2 Å². The van der Waals surface area contributed by atoms with Crippen LogP contribution in [0.3, 0.4) is 0 Å². The van der Waals surface area contributed by atoms with Crippen LogP contribution in [-0.2, 0) is 4.79 Å². The molecule has 0 saturated carbocycles. The van der Waals surface area contributed by atoms with E-state index in [1.165, 1.54) is 0 Å². The number of amides is 1. The van der Waals surface area contributed by atoms with Crippen LogP contribution in [-0.4, -0.2) is 5.91 Å². The average molecular weight is 218 g/mol. The Labute approximate surface area is 95.3 Å². The van der Waals surface area contributed by atoms with E-state index in [0.717, 1.165) is 6.42 Å². The van der Waals surface area contributed by atoms with Crippen LogP contribution in [0.1, 0.15) is 27.2 Å². The van der Waals surface area contributed by atoms with Crippen LogP contribution in [0.25, 0.3) is 4.98 Å². The highest BCUT2D eigenvalue weighted by Gasteiger charge is 2.25. The molecule has 0 aliphatic rings. The molecule has 16 heavy (non-hydrogen) atoms. The third-order valence-electron chi connectivity index (χ3n) is 2.74. The summed E-state index contributed by atoms with van der Waals surface area (Å²) in [4.78, 5) is 14.9. The summed E-state index contributed by atoms with van der Waals surface area (Å²) in [6, 6.07) is 6.68. The summed E-state index contributed by atoms with van der Waals surface area (Å²) in [6.45, 7) is 5.78. The van der Waals surface area contributed by atoms with Crippen molar-refractivity contribution in [1.82, 2.24) is 0 Å². The number of carbonyl (C=O) groups is 1. The van der Waals surface area contributed by atoms with E-state index in [1.807, 2.05) is 20.8 Å². The molecule has 1 aromatic carbocycles. The van der Waals surface area contributed by atoms with Crippen molar-refractivity contribution in [1.29, 1.82) is 5.39 Å². The standard InChI is InChI=1S/C12H15N3O/c1-4-12(2,3)11(16)14-9-5-7-10(15-13)8-6-9/h5-8H,4H2,1-3H3/p+1. The largest absolute Gasteiger partial charge is 0.385 e. The Kier molecular flexibility index (Phi) is 3.62. The van der Waals surface area contributed by atoms with Gasteiger partial charge < -0.3 is 5.32 Å². The summed E-state index contributed by atoms with van der Waals surface area (Å²) in [5.41, 5.74) is 0.798. The Hall–Kier alpha value is -1.89. The van der Waals surface area contributed by atoms with Gasteiger partial charge in [-0.15, -0.1) is 0 Å². The van der Waals surface area contributed by atoms with Crippen LogP contribution in [0, 0.1) is 10.8 Å². The van der Waals surface area contributed by atoms with Gasteiger partial charge in [0.2, 0.25) is 11.3 Å². The van der Waals surface area contributed by atoms with Crippen molar-refractivity contribution in [2.75, 3.05) is 5.32 Å². The maximum absolute atomic E-state index is 11.8. The summed E-state index contributed by atoms with van der Waals surface area (Å²) in [5, 5.41) is 11.3. The number of nitrogens with one attached hydrogen (secondary N) is 1. The lowest BCUT2D eigenvalue weighted by molar-refractivity contribution is -0.124. The first kappa shape index (κ1) is 12.2. The van der Waals surface area contributed by atoms with Gasteiger partial charge in [0.25, 0.3) is 0 Å². The Morgan fingerprint density at radius 1 is 1.38 bits per heavy atom. The maximum atomic E-state index is 11.8. The Morgan fingerprint density at radius 3 is 2.38 bits per heavy atom. The van der Waals surface area contributed by atoms with Crippen molar-refractivity contribution in [2.24, 2.45) is 5.41 Å². The van der Waals surface area contributed by atoms with Crippen LogP contribution in [0.2, 0.25) is 0 Å². The van der Waals surface area contributed by atoms with Gasteiger partial charge in [0, 0.05) is 23.2 Å². The molecule has 0 atom stereocenters. The zero-order valence-corrected chi connectivity index (χ0v) is 9.82. The first-order valence-electron chi connectivity index (χ1n) is 5.26. The van der Waals surface area contributed by atoms with Gasteiger partial charge in [0.05, 0.1) is 0 Å². The molecule has 0 saturated heterocycles. The lowest BCUT2D eigenvalue weighted by Crippen LogP contribution is -2.29. The molecular weight excluding hydrogens is 202 g/mol. The molecule has 1 aromatic rings. The number of hydrogen-bond donors (Lipinski definition) is 1. The zero-order valence-electron chi connectivity index (χ0n) is 9.82. The van der Waals surface area contributed by atoms with Crippen LogP contribution in [0.15, 0.2) is 24.3 Å².